The Morgan fingerprint density at radius 1 is 0.422 bits per heavy atom. The average Bonchev–Trinajstić information content (AvgIpc) is 3.03. The van der Waals surface area contributed by atoms with E-state index in [0.717, 1.165) is 0 Å². The summed E-state index contributed by atoms with van der Waals surface area (Å²) in [6.07, 6.45) is -4.97. The summed E-state index contributed by atoms with van der Waals surface area (Å²) in [5.41, 5.74) is -1.25. The second-order valence-corrected chi connectivity index (χ2v) is 10.5. The third kappa shape index (κ3) is 23.7. The molecule has 264 valence electrons. The third-order valence-electron chi connectivity index (χ3n) is 5.06. The summed E-state index contributed by atoms with van der Waals surface area (Å²) in [5.74, 6) is -4.63. The zero-order chi connectivity index (χ0) is 34.1. The fourth-order valence-electron chi connectivity index (χ4n) is 3.00. The number of aliphatic hydroxyl groups excluding tert-OH is 4. The first kappa shape index (κ1) is 43.7. The highest BCUT2D eigenvalue weighted by Gasteiger charge is 2.34. The summed E-state index contributed by atoms with van der Waals surface area (Å²) in [7, 11) is 0. The number of aliphatic hydroxyl groups is 4. The van der Waals surface area contributed by atoms with Gasteiger partial charge in [0.25, 0.3) is 0 Å². The number of alkyl halides is 4. The Balaban J connectivity index is 5.55. The fraction of sp³-hybridized carbons (Fsp3) is 0.840. The molecule has 0 rings (SSSR count). The van der Waals surface area contributed by atoms with Crippen LogP contribution >= 0.6 is 46.4 Å². The molecule has 20 heteroatoms. The van der Waals surface area contributed by atoms with Gasteiger partial charge in [-0.25, -0.2) is 0 Å². The molecule has 0 aromatic rings. The summed E-state index contributed by atoms with van der Waals surface area (Å²) >= 11 is 21.5. The van der Waals surface area contributed by atoms with Crippen LogP contribution in [0.5, 0.6) is 0 Å². The van der Waals surface area contributed by atoms with Crippen LogP contribution in [-0.2, 0) is 57.1 Å². The number of carbonyl (C=O) groups is 4. The minimum atomic E-state index is -1.25. The minimum absolute atomic E-state index is 0.250. The zero-order valence-electron chi connectivity index (χ0n) is 24.3. The largest absolute Gasteiger partial charge is 0.462 e. The molecule has 0 fully saturated rings. The molecule has 0 spiro atoms. The van der Waals surface area contributed by atoms with E-state index >= 15 is 0 Å². The van der Waals surface area contributed by atoms with E-state index in [1.165, 1.54) is 0 Å². The Morgan fingerprint density at radius 3 is 0.800 bits per heavy atom. The molecule has 45 heavy (non-hydrogen) atoms. The smallest absolute Gasteiger partial charge is 0.320 e. The molecule has 0 aliphatic rings. The van der Waals surface area contributed by atoms with Gasteiger partial charge in [0.2, 0.25) is 0 Å². The minimum Gasteiger partial charge on any atom is -0.462 e. The van der Waals surface area contributed by atoms with E-state index in [-0.39, 0.29) is 52.9 Å². The molecule has 4 unspecified atom stereocenters. The van der Waals surface area contributed by atoms with Gasteiger partial charge in [-0.2, -0.15) is 0 Å². The van der Waals surface area contributed by atoms with E-state index in [2.05, 4.69) is 0 Å². The SMILES string of the molecule is O=C(CCl)OCC(O)COCC(COCC(O)COC(=O)CCl)(COCC(O)COC(=O)CCl)COCC(O)COC(=O)CCl. The van der Waals surface area contributed by atoms with Crippen LogP contribution in [0.1, 0.15) is 0 Å². The number of hydrogen-bond acceptors (Lipinski definition) is 16. The molecule has 0 bridgehead atoms. The molecule has 0 heterocycles. The summed E-state index contributed by atoms with van der Waals surface area (Å²) in [5, 5.41) is 40.5. The molecule has 0 amide bonds. The maximum Gasteiger partial charge on any atom is 0.320 e. The molecular formula is C25H40Cl4O16. The number of rotatable bonds is 28. The van der Waals surface area contributed by atoms with Crippen molar-refractivity contribution in [1.29, 1.82) is 0 Å². The maximum atomic E-state index is 11.3. The molecule has 16 nitrogen and oxygen atoms in total. The van der Waals surface area contributed by atoms with Crippen LogP contribution in [0.25, 0.3) is 0 Å². The van der Waals surface area contributed by atoms with Gasteiger partial charge in [-0.3, -0.25) is 19.2 Å². The van der Waals surface area contributed by atoms with E-state index in [1.54, 1.807) is 0 Å². The quantitative estimate of drug-likeness (QED) is 0.0412. The first-order valence-corrected chi connectivity index (χ1v) is 15.4. The Morgan fingerprint density at radius 2 is 0.622 bits per heavy atom. The van der Waals surface area contributed by atoms with E-state index in [9.17, 15) is 39.6 Å². The van der Waals surface area contributed by atoms with Gasteiger partial charge in [0, 0.05) is 0 Å². The molecule has 0 radical (unpaired) electrons. The van der Waals surface area contributed by atoms with Crippen molar-refractivity contribution in [3.8, 4) is 0 Å². The topological polar surface area (TPSA) is 223 Å². The molecule has 0 aliphatic carbocycles. The highest BCUT2D eigenvalue weighted by atomic mass is 35.5. The first-order valence-electron chi connectivity index (χ1n) is 13.3. The number of esters is 4. The number of hydrogen-bond donors (Lipinski definition) is 4. The Hall–Kier alpha value is -1.28. The highest BCUT2D eigenvalue weighted by Crippen LogP contribution is 2.22. The van der Waals surface area contributed by atoms with Crippen molar-refractivity contribution in [1.82, 2.24) is 0 Å². The Bertz CT molecular complexity index is 705. The standard InChI is InChI=1S/C25H40Cl4O16/c26-1-21(34)42-9-17(30)5-38-13-25(14-39-6-18(31)10-43-22(35)2-27,15-40-7-19(32)11-44-23(36)3-28)16-41-8-20(33)12-45-24(37)4-29/h17-20,30-33H,1-16H2. The van der Waals surface area contributed by atoms with Crippen LogP contribution in [0.2, 0.25) is 0 Å². The molecule has 0 saturated heterocycles. The lowest BCUT2D eigenvalue weighted by Gasteiger charge is -2.34. The lowest BCUT2D eigenvalue weighted by Crippen LogP contribution is -2.44. The molecule has 4 N–H and O–H groups in total. The fourth-order valence-corrected chi connectivity index (χ4v) is 3.31. The summed E-state index contributed by atoms with van der Waals surface area (Å²) in [6.45, 7) is -3.95. The van der Waals surface area contributed by atoms with E-state index in [0.29, 0.717) is 0 Å². The molecule has 0 aromatic carbocycles. The maximum absolute atomic E-state index is 11.3. The van der Waals surface area contributed by atoms with Crippen LogP contribution < -0.4 is 0 Å². The van der Waals surface area contributed by atoms with Gasteiger partial charge in [-0.15, -0.1) is 46.4 Å². The van der Waals surface area contributed by atoms with Crippen molar-refractivity contribution in [2.75, 3.05) is 103 Å². The predicted molar refractivity (Wildman–Crippen MR) is 156 cm³/mol. The van der Waals surface area contributed by atoms with Gasteiger partial charge < -0.3 is 58.3 Å². The lowest BCUT2D eigenvalue weighted by atomic mass is 9.92. The number of halogens is 4. The molecule has 0 aliphatic heterocycles. The Kier molecular flexibility index (Phi) is 26.0. The number of carbonyl (C=O) groups excluding carboxylic acids is 4. The summed E-state index contributed by atoms with van der Waals surface area (Å²) in [6, 6.07) is 0. The van der Waals surface area contributed by atoms with Gasteiger partial charge in [-0.05, 0) is 0 Å². The normalized spacial score (nSPS) is 15.3. The zero-order valence-corrected chi connectivity index (χ0v) is 27.3. The monoisotopic (exact) mass is 736 g/mol. The van der Waals surface area contributed by atoms with Crippen LogP contribution in [-0.4, -0.2) is 172 Å². The summed E-state index contributed by atoms with van der Waals surface area (Å²) in [4.78, 5) is 45.0. The van der Waals surface area contributed by atoms with Crippen molar-refractivity contribution in [2.24, 2.45) is 5.41 Å². The average molecular weight is 738 g/mol. The highest BCUT2D eigenvalue weighted by molar-refractivity contribution is 6.27. The van der Waals surface area contributed by atoms with Gasteiger partial charge >= 0.3 is 23.9 Å². The van der Waals surface area contributed by atoms with Gasteiger partial charge in [-0.1, -0.05) is 0 Å². The predicted octanol–water partition coefficient (Wildman–Crippen LogP) is -1.39. The van der Waals surface area contributed by atoms with Gasteiger partial charge in [0.15, 0.2) is 0 Å². The lowest BCUT2D eigenvalue weighted by molar-refractivity contribution is -0.153. The van der Waals surface area contributed by atoms with Gasteiger partial charge in [0.05, 0.1) is 58.3 Å². The van der Waals surface area contributed by atoms with Crippen LogP contribution in [0.3, 0.4) is 0 Å². The summed E-state index contributed by atoms with van der Waals surface area (Å²) < 4.78 is 41.6. The molecule has 0 aromatic heterocycles. The molecule has 0 saturated carbocycles. The second kappa shape index (κ2) is 26.8. The molecule has 4 atom stereocenters. The van der Waals surface area contributed by atoms with Crippen LogP contribution in [0.15, 0.2) is 0 Å². The Labute approximate surface area is 279 Å². The van der Waals surface area contributed by atoms with Crippen molar-refractivity contribution < 1.29 is 77.5 Å². The van der Waals surface area contributed by atoms with Crippen molar-refractivity contribution in [3.63, 3.8) is 0 Å². The van der Waals surface area contributed by atoms with E-state index in [1.807, 2.05) is 0 Å². The number of ether oxygens (including phenoxy) is 8. The van der Waals surface area contributed by atoms with Crippen molar-refractivity contribution in [3.05, 3.63) is 0 Å². The van der Waals surface area contributed by atoms with Crippen molar-refractivity contribution in [2.45, 2.75) is 24.4 Å². The molecular weight excluding hydrogens is 698 g/mol. The van der Waals surface area contributed by atoms with Crippen LogP contribution in [0, 0.1) is 5.41 Å². The third-order valence-corrected chi connectivity index (χ3v) is 5.93. The first-order chi connectivity index (χ1) is 21.4. The van der Waals surface area contributed by atoms with Crippen LogP contribution in [0.4, 0.5) is 0 Å². The van der Waals surface area contributed by atoms with Gasteiger partial charge in [0.1, 0.15) is 74.4 Å². The van der Waals surface area contributed by atoms with E-state index < -0.39 is 104 Å². The second-order valence-electron chi connectivity index (χ2n) is 9.44. The van der Waals surface area contributed by atoms with E-state index in [4.69, 9.17) is 84.3 Å². The van der Waals surface area contributed by atoms with Crippen molar-refractivity contribution >= 4 is 70.3 Å².